The van der Waals surface area contributed by atoms with Crippen molar-refractivity contribution in [3.8, 4) is 5.75 Å². The third-order valence-corrected chi connectivity index (χ3v) is 2.80. The molecule has 1 atom stereocenters. The molecule has 1 aromatic rings. The first-order valence-electron chi connectivity index (χ1n) is 6.55. The molecule has 1 unspecified atom stereocenters. The van der Waals surface area contributed by atoms with Crippen LogP contribution in [0.4, 0.5) is 0 Å². The van der Waals surface area contributed by atoms with Crippen molar-refractivity contribution in [1.29, 1.82) is 0 Å². The van der Waals surface area contributed by atoms with Crippen LogP contribution < -0.4 is 10.5 Å². The zero-order valence-electron chi connectivity index (χ0n) is 11.5. The van der Waals surface area contributed by atoms with Crippen LogP contribution in [0.2, 0.25) is 0 Å². The fraction of sp³-hybridized carbons (Fsp3) is 0.533. The van der Waals surface area contributed by atoms with Crippen molar-refractivity contribution in [2.75, 3.05) is 6.54 Å². The van der Waals surface area contributed by atoms with E-state index in [1.54, 1.807) is 0 Å². The lowest BCUT2D eigenvalue weighted by Gasteiger charge is -2.12. The molecule has 0 aliphatic heterocycles. The molecule has 0 radical (unpaired) electrons. The van der Waals surface area contributed by atoms with Gasteiger partial charge in [-0.1, -0.05) is 6.92 Å². The summed E-state index contributed by atoms with van der Waals surface area (Å²) in [7, 11) is 0. The highest BCUT2D eigenvalue weighted by Crippen LogP contribution is 2.18. The lowest BCUT2D eigenvalue weighted by atomic mass is 9.95. The van der Waals surface area contributed by atoms with Crippen molar-refractivity contribution in [2.24, 2.45) is 11.7 Å². The van der Waals surface area contributed by atoms with E-state index in [1.165, 1.54) is 0 Å². The predicted molar refractivity (Wildman–Crippen MR) is 74.0 cm³/mol. The molecule has 1 aromatic carbocycles. The van der Waals surface area contributed by atoms with Crippen LogP contribution in [0.5, 0.6) is 5.75 Å². The van der Waals surface area contributed by atoms with E-state index in [0.717, 1.165) is 24.2 Å². The standard InChI is InChI=1S/C15H23NO2/c1-11(2)18-14-8-6-13(7-9-14)15(17)12(3)5-4-10-16/h6-9,11-12H,4-5,10,16H2,1-3H3. The number of carbonyl (C=O) groups excluding carboxylic acids is 1. The molecular formula is C15H23NO2. The summed E-state index contributed by atoms with van der Waals surface area (Å²) < 4.78 is 5.55. The van der Waals surface area contributed by atoms with Crippen molar-refractivity contribution in [2.45, 2.75) is 39.7 Å². The van der Waals surface area contributed by atoms with Crippen molar-refractivity contribution in [3.63, 3.8) is 0 Å². The lowest BCUT2D eigenvalue weighted by molar-refractivity contribution is 0.0923. The molecule has 2 N–H and O–H groups in total. The second-order valence-electron chi connectivity index (χ2n) is 4.89. The van der Waals surface area contributed by atoms with Crippen LogP contribution >= 0.6 is 0 Å². The minimum absolute atomic E-state index is 0.0328. The number of Topliss-reactive ketones (excluding diaryl/α,β-unsaturated/α-hetero) is 1. The molecule has 0 aliphatic carbocycles. The summed E-state index contributed by atoms with van der Waals surface area (Å²) in [5, 5.41) is 0. The zero-order chi connectivity index (χ0) is 13.5. The van der Waals surface area contributed by atoms with Crippen LogP contribution in [0.1, 0.15) is 44.0 Å². The maximum atomic E-state index is 12.1. The molecule has 0 aliphatic rings. The van der Waals surface area contributed by atoms with E-state index in [2.05, 4.69) is 0 Å². The fourth-order valence-electron chi connectivity index (χ4n) is 1.81. The number of hydrogen-bond acceptors (Lipinski definition) is 3. The van der Waals surface area contributed by atoms with Crippen LogP contribution in [0, 0.1) is 5.92 Å². The Morgan fingerprint density at radius 3 is 2.33 bits per heavy atom. The molecule has 3 heteroatoms. The first-order valence-corrected chi connectivity index (χ1v) is 6.55. The van der Waals surface area contributed by atoms with E-state index in [4.69, 9.17) is 10.5 Å². The molecule has 3 nitrogen and oxygen atoms in total. The smallest absolute Gasteiger partial charge is 0.165 e. The minimum Gasteiger partial charge on any atom is -0.491 e. The predicted octanol–water partition coefficient (Wildman–Crippen LogP) is 3.03. The Labute approximate surface area is 109 Å². The molecule has 0 saturated carbocycles. The van der Waals surface area contributed by atoms with Gasteiger partial charge in [0.1, 0.15) is 5.75 Å². The Balaban J connectivity index is 2.63. The van der Waals surface area contributed by atoms with Gasteiger partial charge in [-0.25, -0.2) is 0 Å². The van der Waals surface area contributed by atoms with Crippen molar-refractivity contribution < 1.29 is 9.53 Å². The topological polar surface area (TPSA) is 52.3 Å². The van der Waals surface area contributed by atoms with Gasteiger partial charge in [0.25, 0.3) is 0 Å². The summed E-state index contributed by atoms with van der Waals surface area (Å²) >= 11 is 0. The second kappa shape index (κ2) is 7.17. The van der Waals surface area contributed by atoms with E-state index in [0.29, 0.717) is 6.54 Å². The maximum Gasteiger partial charge on any atom is 0.165 e. The van der Waals surface area contributed by atoms with Crippen LogP contribution in [0.25, 0.3) is 0 Å². The first kappa shape index (κ1) is 14.7. The molecule has 100 valence electrons. The quantitative estimate of drug-likeness (QED) is 0.756. The molecule has 1 rings (SSSR count). The molecule has 0 aromatic heterocycles. The highest BCUT2D eigenvalue weighted by Gasteiger charge is 2.14. The molecule has 0 amide bonds. The average molecular weight is 249 g/mol. The number of ether oxygens (including phenoxy) is 1. The third-order valence-electron chi connectivity index (χ3n) is 2.80. The highest BCUT2D eigenvalue weighted by molar-refractivity contribution is 5.97. The Kier molecular flexibility index (Phi) is 5.86. The van der Waals surface area contributed by atoms with Crippen LogP contribution in [-0.2, 0) is 0 Å². The first-order chi connectivity index (χ1) is 8.54. The van der Waals surface area contributed by atoms with Gasteiger partial charge in [-0.3, -0.25) is 4.79 Å². The van der Waals surface area contributed by atoms with Gasteiger partial charge in [0.15, 0.2) is 5.78 Å². The number of hydrogen-bond donors (Lipinski definition) is 1. The summed E-state index contributed by atoms with van der Waals surface area (Å²) in [5.74, 6) is 1.01. The summed E-state index contributed by atoms with van der Waals surface area (Å²) in [4.78, 5) is 12.1. The van der Waals surface area contributed by atoms with Gasteiger partial charge in [-0.2, -0.15) is 0 Å². The molecule has 0 fully saturated rings. The number of rotatable bonds is 7. The van der Waals surface area contributed by atoms with Gasteiger partial charge < -0.3 is 10.5 Å². The van der Waals surface area contributed by atoms with Gasteiger partial charge >= 0.3 is 0 Å². The Morgan fingerprint density at radius 1 is 1.22 bits per heavy atom. The SMILES string of the molecule is CC(C)Oc1ccc(C(=O)C(C)CCCN)cc1. The highest BCUT2D eigenvalue weighted by atomic mass is 16.5. The van der Waals surface area contributed by atoms with E-state index in [-0.39, 0.29) is 17.8 Å². The minimum atomic E-state index is 0.0328. The molecule has 18 heavy (non-hydrogen) atoms. The lowest BCUT2D eigenvalue weighted by Crippen LogP contribution is -2.13. The normalized spacial score (nSPS) is 12.5. The van der Waals surface area contributed by atoms with Gasteiger partial charge in [0.05, 0.1) is 6.10 Å². The molecule has 0 spiro atoms. The van der Waals surface area contributed by atoms with Gasteiger partial charge in [-0.05, 0) is 57.5 Å². The Morgan fingerprint density at radius 2 is 1.83 bits per heavy atom. The van der Waals surface area contributed by atoms with Crippen molar-refractivity contribution in [3.05, 3.63) is 29.8 Å². The van der Waals surface area contributed by atoms with Gasteiger partial charge in [0, 0.05) is 11.5 Å². The number of nitrogens with two attached hydrogens (primary N) is 1. The summed E-state index contributed by atoms with van der Waals surface area (Å²) in [6.45, 7) is 6.55. The van der Waals surface area contributed by atoms with E-state index in [1.807, 2.05) is 45.0 Å². The van der Waals surface area contributed by atoms with Gasteiger partial charge in [0.2, 0.25) is 0 Å². The average Bonchev–Trinajstić information content (AvgIpc) is 2.35. The van der Waals surface area contributed by atoms with Crippen LogP contribution in [0.15, 0.2) is 24.3 Å². The van der Waals surface area contributed by atoms with E-state index < -0.39 is 0 Å². The van der Waals surface area contributed by atoms with Crippen molar-refractivity contribution in [1.82, 2.24) is 0 Å². The van der Waals surface area contributed by atoms with Crippen LogP contribution in [0.3, 0.4) is 0 Å². The fourth-order valence-corrected chi connectivity index (χ4v) is 1.81. The molecule has 0 bridgehead atoms. The van der Waals surface area contributed by atoms with E-state index in [9.17, 15) is 4.79 Å². The largest absolute Gasteiger partial charge is 0.491 e. The summed E-state index contributed by atoms with van der Waals surface area (Å²) in [6.07, 6.45) is 1.89. The number of ketones is 1. The monoisotopic (exact) mass is 249 g/mol. The van der Waals surface area contributed by atoms with E-state index >= 15 is 0 Å². The van der Waals surface area contributed by atoms with Crippen LogP contribution in [-0.4, -0.2) is 18.4 Å². The molecular weight excluding hydrogens is 226 g/mol. The summed E-state index contributed by atoms with van der Waals surface area (Å²) in [5.41, 5.74) is 6.20. The Hall–Kier alpha value is -1.35. The second-order valence-corrected chi connectivity index (χ2v) is 4.89. The van der Waals surface area contributed by atoms with Crippen molar-refractivity contribution >= 4 is 5.78 Å². The zero-order valence-corrected chi connectivity index (χ0v) is 11.5. The Bertz CT molecular complexity index is 371. The molecule has 0 saturated heterocycles. The third kappa shape index (κ3) is 4.49. The summed E-state index contributed by atoms with van der Waals surface area (Å²) in [6, 6.07) is 7.36. The maximum absolute atomic E-state index is 12.1. The number of carbonyl (C=O) groups is 1. The molecule has 0 heterocycles. The van der Waals surface area contributed by atoms with Gasteiger partial charge in [-0.15, -0.1) is 0 Å². The number of benzene rings is 1.